The molecule has 2 aromatic carbocycles. The van der Waals surface area contributed by atoms with Gasteiger partial charge in [-0.3, -0.25) is 0 Å². The van der Waals surface area contributed by atoms with Crippen LogP contribution < -0.4 is 0 Å². The van der Waals surface area contributed by atoms with E-state index in [0.717, 1.165) is 25.7 Å². The third-order valence-corrected chi connectivity index (χ3v) is 4.51. The molecule has 0 saturated carbocycles. The molecule has 1 heterocycles. The normalized spacial score (nSPS) is 11.0. The Balaban J connectivity index is 2.19. The van der Waals surface area contributed by atoms with Crippen LogP contribution in [-0.4, -0.2) is 22.4 Å². The Labute approximate surface area is 152 Å². The van der Waals surface area contributed by atoms with Gasteiger partial charge in [0.15, 0.2) is 5.69 Å². The molecule has 6 heteroatoms. The Morgan fingerprint density at radius 2 is 2.04 bits per heavy atom. The first-order valence-corrected chi connectivity index (χ1v) is 8.58. The summed E-state index contributed by atoms with van der Waals surface area (Å²) in [6, 6.07) is 11.5. The van der Waals surface area contributed by atoms with E-state index >= 15 is 0 Å². The van der Waals surface area contributed by atoms with E-state index in [9.17, 15) is 4.79 Å². The van der Waals surface area contributed by atoms with Gasteiger partial charge >= 0.3 is 5.97 Å². The predicted molar refractivity (Wildman–Crippen MR) is 99.5 cm³/mol. The summed E-state index contributed by atoms with van der Waals surface area (Å²) in [5, 5.41) is 7.24. The zero-order valence-corrected chi connectivity index (χ0v) is 15.6. The summed E-state index contributed by atoms with van der Waals surface area (Å²) < 4.78 is 7.75. The highest BCUT2D eigenvalue weighted by molar-refractivity contribution is 14.1. The number of hydrogen-bond acceptors (Lipinski definition) is 3. The molecule has 0 aliphatic heterocycles. The highest BCUT2D eigenvalue weighted by Crippen LogP contribution is 2.27. The van der Waals surface area contributed by atoms with Crippen molar-refractivity contribution < 1.29 is 9.53 Å². The summed E-state index contributed by atoms with van der Waals surface area (Å²) in [4.78, 5) is 12.2. The van der Waals surface area contributed by atoms with Gasteiger partial charge in [0, 0.05) is 8.59 Å². The highest BCUT2D eigenvalue weighted by Gasteiger charge is 2.18. The summed E-state index contributed by atoms with van der Waals surface area (Å²) in [5.41, 5.74) is 2.03. The van der Waals surface area contributed by atoms with E-state index in [4.69, 9.17) is 16.3 Å². The summed E-state index contributed by atoms with van der Waals surface area (Å²) in [6.45, 7) is 3.97. The summed E-state index contributed by atoms with van der Waals surface area (Å²) in [5.74, 6) is -0.375. The Bertz CT molecular complexity index is 905. The van der Waals surface area contributed by atoms with E-state index in [2.05, 4.69) is 27.7 Å². The van der Waals surface area contributed by atoms with Crippen molar-refractivity contribution >= 4 is 50.9 Å². The van der Waals surface area contributed by atoms with Gasteiger partial charge < -0.3 is 4.74 Å². The van der Waals surface area contributed by atoms with E-state index in [1.807, 2.05) is 37.3 Å². The minimum atomic E-state index is -0.375. The first-order chi connectivity index (χ1) is 11.0. The number of aromatic nitrogens is 2. The topological polar surface area (TPSA) is 44.1 Å². The molecule has 4 nitrogen and oxygen atoms in total. The first-order valence-electron chi connectivity index (χ1n) is 7.12. The number of rotatable bonds is 3. The average molecular weight is 441 g/mol. The van der Waals surface area contributed by atoms with Crippen molar-refractivity contribution in [2.75, 3.05) is 6.61 Å². The lowest BCUT2D eigenvalue weighted by atomic mass is 10.1. The monoisotopic (exact) mass is 440 g/mol. The molecular weight excluding hydrogens is 427 g/mol. The van der Waals surface area contributed by atoms with Gasteiger partial charge in [0.2, 0.25) is 0 Å². The standard InChI is InChI=1S/C17H14ClIN2O2/c1-3-23-17(22)16-6-10(2)20-21(16)15-9-11-4-5-13(18)7-12(11)8-14(15)19/h4-9H,3H2,1-2H3. The van der Waals surface area contributed by atoms with Crippen molar-refractivity contribution in [3.05, 3.63) is 56.4 Å². The number of nitrogens with zero attached hydrogens (tertiary/aromatic N) is 2. The number of carbonyl (C=O) groups excluding carboxylic acids is 1. The van der Waals surface area contributed by atoms with Crippen LogP contribution in [0.4, 0.5) is 0 Å². The minimum absolute atomic E-state index is 0.330. The summed E-state index contributed by atoms with van der Waals surface area (Å²) in [7, 11) is 0. The van der Waals surface area contributed by atoms with Crippen LogP contribution in [0.5, 0.6) is 0 Å². The van der Waals surface area contributed by atoms with Gasteiger partial charge in [0.1, 0.15) is 0 Å². The molecule has 0 aliphatic carbocycles. The van der Waals surface area contributed by atoms with E-state index in [0.29, 0.717) is 17.3 Å². The Morgan fingerprint density at radius 1 is 1.26 bits per heavy atom. The number of ether oxygens (including phenoxy) is 1. The highest BCUT2D eigenvalue weighted by atomic mass is 127. The molecule has 0 aliphatic rings. The number of benzene rings is 2. The van der Waals surface area contributed by atoms with Crippen LogP contribution in [0, 0.1) is 10.5 Å². The number of fused-ring (bicyclic) bond motifs is 1. The lowest BCUT2D eigenvalue weighted by Crippen LogP contribution is -2.12. The SMILES string of the molecule is CCOC(=O)c1cc(C)nn1-c1cc2ccc(Cl)cc2cc1I. The number of esters is 1. The molecule has 0 fully saturated rings. The largest absolute Gasteiger partial charge is 0.461 e. The van der Waals surface area contributed by atoms with Crippen molar-refractivity contribution in [2.45, 2.75) is 13.8 Å². The molecule has 3 rings (SSSR count). The molecule has 0 bridgehead atoms. The van der Waals surface area contributed by atoms with E-state index in [1.54, 1.807) is 17.7 Å². The van der Waals surface area contributed by atoms with Crippen molar-refractivity contribution in [3.63, 3.8) is 0 Å². The molecule has 3 aromatic rings. The molecule has 0 atom stereocenters. The molecular formula is C17H14ClIN2O2. The fraction of sp³-hybridized carbons (Fsp3) is 0.176. The van der Waals surface area contributed by atoms with E-state index in [1.165, 1.54) is 0 Å². The van der Waals surface area contributed by atoms with Crippen molar-refractivity contribution in [2.24, 2.45) is 0 Å². The lowest BCUT2D eigenvalue weighted by molar-refractivity contribution is 0.0515. The Morgan fingerprint density at radius 3 is 2.78 bits per heavy atom. The quantitative estimate of drug-likeness (QED) is 0.435. The third-order valence-electron chi connectivity index (χ3n) is 3.41. The molecule has 1 aromatic heterocycles. The number of halogens is 2. The molecule has 0 N–H and O–H groups in total. The molecule has 0 spiro atoms. The second-order valence-electron chi connectivity index (χ2n) is 5.10. The zero-order chi connectivity index (χ0) is 16.6. The number of hydrogen-bond donors (Lipinski definition) is 0. The smallest absolute Gasteiger partial charge is 0.357 e. The van der Waals surface area contributed by atoms with Crippen LogP contribution in [0.2, 0.25) is 5.02 Å². The molecule has 0 amide bonds. The van der Waals surface area contributed by atoms with Crippen molar-refractivity contribution in [1.82, 2.24) is 9.78 Å². The van der Waals surface area contributed by atoms with Crippen LogP contribution in [-0.2, 0) is 4.74 Å². The van der Waals surface area contributed by atoms with Crippen LogP contribution >= 0.6 is 34.2 Å². The van der Waals surface area contributed by atoms with Gasteiger partial charge in [-0.25, -0.2) is 9.48 Å². The van der Waals surface area contributed by atoms with Gasteiger partial charge in [-0.15, -0.1) is 0 Å². The van der Waals surface area contributed by atoms with E-state index < -0.39 is 0 Å². The van der Waals surface area contributed by atoms with Crippen LogP contribution in [0.3, 0.4) is 0 Å². The Hall–Kier alpha value is -1.60. The Kier molecular flexibility index (Phi) is 4.59. The molecule has 118 valence electrons. The maximum Gasteiger partial charge on any atom is 0.357 e. The maximum absolute atomic E-state index is 12.2. The second kappa shape index (κ2) is 6.49. The van der Waals surface area contributed by atoms with Gasteiger partial charge in [0.25, 0.3) is 0 Å². The number of carbonyl (C=O) groups is 1. The second-order valence-corrected chi connectivity index (χ2v) is 6.70. The minimum Gasteiger partial charge on any atom is -0.461 e. The predicted octanol–water partition coefficient (Wildman–Crippen LogP) is 4.77. The van der Waals surface area contributed by atoms with Crippen LogP contribution in [0.15, 0.2) is 36.4 Å². The first kappa shape index (κ1) is 16.3. The van der Waals surface area contributed by atoms with Crippen LogP contribution in [0.25, 0.3) is 16.5 Å². The average Bonchev–Trinajstić information content (AvgIpc) is 2.88. The lowest BCUT2D eigenvalue weighted by Gasteiger charge is -2.11. The van der Waals surface area contributed by atoms with Gasteiger partial charge in [0.05, 0.1) is 18.0 Å². The van der Waals surface area contributed by atoms with Gasteiger partial charge in [-0.2, -0.15) is 5.10 Å². The fourth-order valence-corrected chi connectivity index (χ4v) is 3.32. The molecule has 23 heavy (non-hydrogen) atoms. The van der Waals surface area contributed by atoms with Crippen molar-refractivity contribution in [3.8, 4) is 5.69 Å². The molecule has 0 radical (unpaired) electrons. The molecule has 0 saturated heterocycles. The van der Waals surface area contributed by atoms with Crippen molar-refractivity contribution in [1.29, 1.82) is 0 Å². The van der Waals surface area contributed by atoms with Gasteiger partial charge in [-0.05, 0) is 77.5 Å². The summed E-state index contributed by atoms with van der Waals surface area (Å²) >= 11 is 8.29. The number of aryl methyl sites for hydroxylation is 1. The fourth-order valence-electron chi connectivity index (χ4n) is 2.42. The maximum atomic E-state index is 12.2. The van der Waals surface area contributed by atoms with Gasteiger partial charge in [-0.1, -0.05) is 17.7 Å². The summed E-state index contributed by atoms with van der Waals surface area (Å²) in [6.07, 6.45) is 0. The molecule has 0 unspecified atom stereocenters. The zero-order valence-electron chi connectivity index (χ0n) is 12.6. The van der Waals surface area contributed by atoms with E-state index in [-0.39, 0.29) is 5.97 Å². The van der Waals surface area contributed by atoms with Crippen LogP contribution in [0.1, 0.15) is 23.1 Å². The third kappa shape index (κ3) is 3.21.